The van der Waals surface area contributed by atoms with Crippen LogP contribution in [0.1, 0.15) is 17.4 Å². The number of nitrogens with zero attached hydrogens (tertiary/aromatic N) is 3. The van der Waals surface area contributed by atoms with Gasteiger partial charge < -0.3 is 5.32 Å². The van der Waals surface area contributed by atoms with E-state index in [1.165, 1.54) is 0 Å². The van der Waals surface area contributed by atoms with Crippen molar-refractivity contribution in [2.24, 2.45) is 0 Å². The number of aryl methyl sites for hydroxylation is 1. The summed E-state index contributed by atoms with van der Waals surface area (Å²) in [6, 6.07) is 0. The highest BCUT2D eigenvalue weighted by Gasteiger charge is 2.08. The van der Waals surface area contributed by atoms with Gasteiger partial charge in [-0.2, -0.15) is 0 Å². The van der Waals surface area contributed by atoms with Crippen molar-refractivity contribution < 1.29 is 4.79 Å². The van der Waals surface area contributed by atoms with Crippen molar-refractivity contribution in [3.63, 3.8) is 0 Å². The Balaban J connectivity index is 2.68. The normalized spacial score (nSPS) is 10.2. The molecule has 66 valence electrons. The van der Waals surface area contributed by atoms with E-state index in [0.29, 0.717) is 12.2 Å². The number of Topliss-reactive ketones (excluding diaryl/α,β-unsaturated/α-hetero) is 1. The van der Waals surface area contributed by atoms with E-state index < -0.39 is 0 Å². The molecule has 1 aromatic heterocycles. The van der Waals surface area contributed by atoms with Crippen LogP contribution in [-0.4, -0.2) is 34.4 Å². The summed E-state index contributed by atoms with van der Waals surface area (Å²) in [5.74, 6) is -0.0304. The maximum Gasteiger partial charge on any atom is 0.198 e. The van der Waals surface area contributed by atoms with Gasteiger partial charge in [-0.15, -0.1) is 5.10 Å². The van der Waals surface area contributed by atoms with E-state index in [1.54, 1.807) is 17.9 Å². The fourth-order valence-corrected chi connectivity index (χ4v) is 0.832. The van der Waals surface area contributed by atoms with Crippen molar-refractivity contribution in [3.05, 3.63) is 11.9 Å². The molecule has 0 saturated heterocycles. The Kier molecular flexibility index (Phi) is 2.93. The summed E-state index contributed by atoms with van der Waals surface area (Å²) in [6.45, 7) is 2.99. The topological polar surface area (TPSA) is 59.8 Å². The van der Waals surface area contributed by atoms with Gasteiger partial charge in [0, 0.05) is 6.54 Å². The Labute approximate surface area is 70.8 Å². The molecule has 0 aliphatic carbocycles. The molecule has 0 unspecified atom stereocenters. The van der Waals surface area contributed by atoms with E-state index in [4.69, 9.17) is 0 Å². The van der Waals surface area contributed by atoms with E-state index in [0.717, 1.165) is 6.54 Å². The molecule has 5 nitrogen and oxygen atoms in total. The molecule has 0 radical (unpaired) electrons. The fourth-order valence-electron chi connectivity index (χ4n) is 0.832. The lowest BCUT2D eigenvalue weighted by molar-refractivity contribution is 0.0989. The second-order valence-corrected chi connectivity index (χ2v) is 2.41. The third-order valence-corrected chi connectivity index (χ3v) is 1.49. The first-order chi connectivity index (χ1) is 5.77. The molecule has 0 aliphatic rings. The van der Waals surface area contributed by atoms with Crippen LogP contribution in [-0.2, 0) is 6.54 Å². The van der Waals surface area contributed by atoms with Crippen molar-refractivity contribution in [3.8, 4) is 0 Å². The van der Waals surface area contributed by atoms with Gasteiger partial charge in [0.05, 0.1) is 12.7 Å². The average Bonchev–Trinajstić information content (AvgIpc) is 2.52. The first kappa shape index (κ1) is 8.86. The van der Waals surface area contributed by atoms with Gasteiger partial charge in [0.2, 0.25) is 0 Å². The average molecular weight is 168 g/mol. The fraction of sp³-hybridized carbons (Fsp3) is 0.571. The lowest BCUT2D eigenvalue weighted by Crippen LogP contribution is -2.18. The largest absolute Gasteiger partial charge is 0.313 e. The third kappa shape index (κ3) is 1.88. The summed E-state index contributed by atoms with van der Waals surface area (Å²) in [6.07, 6.45) is 1.65. The Bertz CT molecular complexity index is 268. The molecule has 0 aromatic carbocycles. The highest BCUT2D eigenvalue weighted by atomic mass is 16.1. The Morgan fingerprint density at radius 3 is 3.00 bits per heavy atom. The monoisotopic (exact) mass is 168 g/mol. The molecule has 0 atom stereocenters. The summed E-state index contributed by atoms with van der Waals surface area (Å²) in [5, 5.41) is 10.3. The number of hydrogen-bond donors (Lipinski definition) is 1. The molecule has 12 heavy (non-hydrogen) atoms. The molecule has 0 fully saturated rings. The summed E-state index contributed by atoms with van der Waals surface area (Å²) in [7, 11) is 1.72. The Morgan fingerprint density at radius 1 is 1.75 bits per heavy atom. The highest BCUT2D eigenvalue weighted by molar-refractivity contribution is 5.95. The minimum atomic E-state index is -0.0304. The second kappa shape index (κ2) is 3.96. The van der Waals surface area contributed by atoms with Gasteiger partial charge in [0.15, 0.2) is 5.78 Å². The van der Waals surface area contributed by atoms with Gasteiger partial charge in [0.1, 0.15) is 5.69 Å². The van der Waals surface area contributed by atoms with Crippen LogP contribution >= 0.6 is 0 Å². The number of carbonyl (C=O) groups is 1. The van der Waals surface area contributed by atoms with Gasteiger partial charge in [-0.05, 0) is 14.0 Å². The van der Waals surface area contributed by atoms with Crippen LogP contribution in [0, 0.1) is 0 Å². The van der Waals surface area contributed by atoms with Crippen LogP contribution in [0.5, 0.6) is 0 Å². The maximum atomic E-state index is 11.2. The van der Waals surface area contributed by atoms with E-state index >= 15 is 0 Å². The predicted molar refractivity (Wildman–Crippen MR) is 44.0 cm³/mol. The van der Waals surface area contributed by atoms with E-state index in [9.17, 15) is 4.79 Å². The third-order valence-electron chi connectivity index (χ3n) is 1.49. The maximum absolute atomic E-state index is 11.2. The van der Waals surface area contributed by atoms with Crippen molar-refractivity contribution >= 4 is 5.78 Å². The van der Waals surface area contributed by atoms with Gasteiger partial charge in [0.25, 0.3) is 0 Å². The predicted octanol–water partition coefficient (Wildman–Crippen LogP) is -0.300. The minimum Gasteiger partial charge on any atom is -0.313 e. The van der Waals surface area contributed by atoms with Crippen LogP contribution in [0.25, 0.3) is 0 Å². The molecule has 1 heterocycles. The molecule has 0 aliphatic heterocycles. The molecule has 0 bridgehead atoms. The van der Waals surface area contributed by atoms with Gasteiger partial charge in [-0.25, -0.2) is 0 Å². The highest BCUT2D eigenvalue weighted by Crippen LogP contribution is 1.93. The van der Waals surface area contributed by atoms with Gasteiger partial charge in [-0.3, -0.25) is 9.48 Å². The quantitative estimate of drug-likeness (QED) is 0.627. The van der Waals surface area contributed by atoms with Crippen LogP contribution in [0.4, 0.5) is 0 Å². The zero-order valence-electron chi connectivity index (χ0n) is 7.24. The molecular weight excluding hydrogens is 156 g/mol. The number of carbonyl (C=O) groups excluding carboxylic acids is 1. The molecule has 0 spiro atoms. The van der Waals surface area contributed by atoms with E-state index in [2.05, 4.69) is 15.6 Å². The number of rotatable bonds is 4. The molecule has 5 heteroatoms. The SMILES string of the molecule is CCn1cc(C(=O)CNC)nn1. The zero-order valence-corrected chi connectivity index (χ0v) is 7.24. The summed E-state index contributed by atoms with van der Waals surface area (Å²) >= 11 is 0. The van der Waals surface area contributed by atoms with Crippen LogP contribution in [0.3, 0.4) is 0 Å². The summed E-state index contributed by atoms with van der Waals surface area (Å²) < 4.78 is 1.63. The number of likely N-dealkylation sites (N-methyl/N-ethyl adjacent to an activating group) is 1. The number of hydrogen-bond acceptors (Lipinski definition) is 4. The Hall–Kier alpha value is -1.23. The molecule has 1 N–H and O–H groups in total. The van der Waals surface area contributed by atoms with Crippen LogP contribution < -0.4 is 5.32 Å². The number of aromatic nitrogens is 3. The van der Waals surface area contributed by atoms with Crippen LogP contribution in [0.2, 0.25) is 0 Å². The summed E-state index contributed by atoms with van der Waals surface area (Å²) in [4.78, 5) is 11.2. The van der Waals surface area contributed by atoms with Crippen molar-refractivity contribution in [2.45, 2.75) is 13.5 Å². The molecule has 0 amide bonds. The van der Waals surface area contributed by atoms with Crippen LogP contribution in [0.15, 0.2) is 6.20 Å². The van der Waals surface area contributed by atoms with Crippen molar-refractivity contribution in [1.29, 1.82) is 0 Å². The van der Waals surface area contributed by atoms with E-state index in [-0.39, 0.29) is 5.78 Å². The van der Waals surface area contributed by atoms with E-state index in [1.807, 2.05) is 6.92 Å². The van der Waals surface area contributed by atoms with Gasteiger partial charge >= 0.3 is 0 Å². The molecular formula is C7H12N4O. The molecule has 1 rings (SSSR count). The zero-order chi connectivity index (χ0) is 8.97. The van der Waals surface area contributed by atoms with Crippen molar-refractivity contribution in [1.82, 2.24) is 20.3 Å². The number of nitrogens with one attached hydrogen (secondary N) is 1. The smallest absolute Gasteiger partial charge is 0.198 e. The summed E-state index contributed by atoms with van der Waals surface area (Å²) in [5.41, 5.74) is 0.422. The minimum absolute atomic E-state index is 0.0304. The number of ketones is 1. The first-order valence-corrected chi connectivity index (χ1v) is 3.86. The molecule has 0 saturated carbocycles. The lowest BCUT2D eigenvalue weighted by Gasteiger charge is -1.92. The Morgan fingerprint density at radius 2 is 2.50 bits per heavy atom. The first-order valence-electron chi connectivity index (χ1n) is 3.86. The van der Waals surface area contributed by atoms with Crippen molar-refractivity contribution in [2.75, 3.05) is 13.6 Å². The lowest BCUT2D eigenvalue weighted by atomic mass is 10.3. The second-order valence-electron chi connectivity index (χ2n) is 2.41. The molecule has 1 aromatic rings. The van der Waals surface area contributed by atoms with Gasteiger partial charge in [-0.1, -0.05) is 5.21 Å². The standard InChI is InChI=1S/C7H12N4O/c1-3-11-5-6(9-10-11)7(12)4-8-2/h5,8H,3-4H2,1-2H3.